The van der Waals surface area contributed by atoms with Crippen molar-refractivity contribution in [2.75, 3.05) is 29.1 Å². The number of nitro groups is 1. The third-order valence-electron chi connectivity index (χ3n) is 5.32. The minimum Gasteiger partial charge on any atom is -0.366 e. The summed E-state index contributed by atoms with van der Waals surface area (Å²) in [7, 11) is 0. The molecule has 1 N–H and O–H groups in total. The first-order valence-electron chi connectivity index (χ1n) is 10.2. The lowest BCUT2D eigenvalue weighted by molar-refractivity contribution is -0.384. The Bertz CT molecular complexity index is 1060. The van der Waals surface area contributed by atoms with Crippen LogP contribution in [0.2, 0.25) is 0 Å². The van der Waals surface area contributed by atoms with Gasteiger partial charge >= 0.3 is 6.18 Å². The zero-order chi connectivity index (χ0) is 24.0. The summed E-state index contributed by atoms with van der Waals surface area (Å²) in [4.78, 5) is 25.9. The van der Waals surface area contributed by atoms with E-state index in [0.717, 1.165) is 17.0 Å². The predicted molar refractivity (Wildman–Crippen MR) is 119 cm³/mol. The number of amides is 1. The molecular weight excluding hydrogens is 457 g/mol. The number of carbonyl (C=O) groups is 1. The lowest BCUT2D eigenvalue weighted by atomic mass is 9.95. The van der Waals surface area contributed by atoms with Crippen molar-refractivity contribution in [3.05, 3.63) is 58.1 Å². The number of nitriles is 1. The Morgan fingerprint density at radius 1 is 1.24 bits per heavy atom. The first-order valence-corrected chi connectivity index (χ1v) is 11.2. The molecule has 1 heterocycles. The van der Waals surface area contributed by atoms with Gasteiger partial charge in [0.05, 0.1) is 22.2 Å². The highest BCUT2D eigenvalue weighted by Gasteiger charge is 2.35. The van der Waals surface area contributed by atoms with Crippen LogP contribution in [-0.4, -0.2) is 29.7 Å². The average molecular weight is 478 g/mol. The van der Waals surface area contributed by atoms with Crippen LogP contribution in [0.4, 0.5) is 30.2 Å². The number of alkyl halides is 3. The molecule has 0 unspecified atom stereocenters. The summed E-state index contributed by atoms with van der Waals surface area (Å²) < 4.78 is 38.8. The smallest absolute Gasteiger partial charge is 0.366 e. The van der Waals surface area contributed by atoms with Crippen LogP contribution >= 0.6 is 11.8 Å². The molecule has 0 radical (unpaired) electrons. The average Bonchev–Trinajstić information content (AvgIpc) is 2.79. The first kappa shape index (κ1) is 24.4. The van der Waals surface area contributed by atoms with Crippen LogP contribution < -0.4 is 10.2 Å². The third-order valence-corrected chi connectivity index (χ3v) is 6.40. The Morgan fingerprint density at radius 3 is 2.58 bits per heavy atom. The maximum absolute atomic E-state index is 12.9. The van der Waals surface area contributed by atoms with Crippen molar-refractivity contribution in [3.8, 4) is 6.07 Å². The number of nitrogens with one attached hydrogen (secondary N) is 1. The van der Waals surface area contributed by atoms with Crippen molar-refractivity contribution >= 4 is 34.7 Å². The molecule has 33 heavy (non-hydrogen) atoms. The van der Waals surface area contributed by atoms with Crippen LogP contribution in [0.15, 0.2) is 47.4 Å². The molecule has 0 atom stereocenters. The molecule has 7 nitrogen and oxygen atoms in total. The molecule has 0 saturated carbocycles. The second-order valence-electron chi connectivity index (χ2n) is 7.46. The second-order valence-corrected chi connectivity index (χ2v) is 8.60. The SMILES string of the molecule is N#CCCSc1ccccc1NC(=O)C1CCN(c2ccc(C(F)(F)F)cc2[N+](=O)[O-])CC1. The monoisotopic (exact) mass is 478 g/mol. The number of piperidine rings is 1. The van der Waals surface area contributed by atoms with Gasteiger partial charge in [-0.05, 0) is 37.1 Å². The van der Waals surface area contributed by atoms with Crippen LogP contribution in [0.5, 0.6) is 0 Å². The number of hydrogen-bond donors (Lipinski definition) is 1. The topological polar surface area (TPSA) is 99.3 Å². The normalized spacial score (nSPS) is 14.5. The summed E-state index contributed by atoms with van der Waals surface area (Å²) in [6, 6.07) is 11.9. The molecule has 2 aromatic rings. The maximum atomic E-state index is 12.9. The first-order chi connectivity index (χ1) is 15.7. The second kappa shape index (κ2) is 10.6. The molecular formula is C22H21F3N4O3S. The standard InChI is InChI=1S/C22H21F3N4O3S/c23-22(24,25)16-6-7-18(19(14-16)29(31)32)28-11-8-15(9-12-28)21(30)27-17-4-1-2-5-20(17)33-13-3-10-26/h1-2,4-7,14-15H,3,8-9,11-13H2,(H,27,30). The van der Waals surface area contributed by atoms with E-state index in [-0.39, 0.29) is 17.5 Å². The van der Waals surface area contributed by atoms with Gasteiger partial charge in [0, 0.05) is 42.1 Å². The van der Waals surface area contributed by atoms with Gasteiger partial charge in [-0.1, -0.05) is 12.1 Å². The fraction of sp³-hybridized carbons (Fsp3) is 0.364. The van der Waals surface area contributed by atoms with Gasteiger partial charge in [-0.3, -0.25) is 14.9 Å². The van der Waals surface area contributed by atoms with Crippen molar-refractivity contribution in [1.82, 2.24) is 0 Å². The fourth-order valence-electron chi connectivity index (χ4n) is 3.63. The minimum atomic E-state index is -4.67. The quantitative estimate of drug-likeness (QED) is 0.245. The van der Waals surface area contributed by atoms with E-state index in [1.54, 1.807) is 17.0 Å². The van der Waals surface area contributed by atoms with Gasteiger partial charge < -0.3 is 10.2 Å². The number of rotatable bonds is 7. The van der Waals surface area contributed by atoms with Crippen molar-refractivity contribution in [3.63, 3.8) is 0 Å². The minimum absolute atomic E-state index is 0.117. The number of hydrogen-bond acceptors (Lipinski definition) is 6. The summed E-state index contributed by atoms with van der Waals surface area (Å²) in [6.45, 7) is 0.617. The number of nitrogens with zero attached hydrogens (tertiary/aromatic N) is 3. The van der Waals surface area contributed by atoms with Gasteiger partial charge in [0.15, 0.2) is 0 Å². The maximum Gasteiger partial charge on any atom is 0.416 e. The van der Waals surface area contributed by atoms with E-state index in [9.17, 15) is 28.1 Å². The molecule has 1 fully saturated rings. The summed E-state index contributed by atoms with van der Waals surface area (Å²) in [6.07, 6.45) is -3.46. The van der Waals surface area contributed by atoms with Crippen molar-refractivity contribution in [2.45, 2.75) is 30.3 Å². The van der Waals surface area contributed by atoms with Gasteiger partial charge in [0.2, 0.25) is 5.91 Å². The summed E-state index contributed by atoms with van der Waals surface area (Å²) in [5, 5.41) is 23.0. The highest BCUT2D eigenvalue weighted by atomic mass is 32.2. The molecule has 1 aliphatic rings. The number of anilines is 2. The molecule has 0 spiro atoms. The van der Waals surface area contributed by atoms with Crippen molar-refractivity contribution < 1.29 is 22.9 Å². The van der Waals surface area contributed by atoms with Crippen LogP contribution in [0.3, 0.4) is 0 Å². The number of nitro benzene ring substituents is 1. The Morgan fingerprint density at radius 2 is 1.94 bits per heavy atom. The molecule has 1 saturated heterocycles. The fourth-order valence-corrected chi connectivity index (χ4v) is 4.50. The van der Waals surface area contributed by atoms with E-state index in [0.29, 0.717) is 49.9 Å². The van der Waals surface area contributed by atoms with Gasteiger partial charge in [0.1, 0.15) is 5.69 Å². The third kappa shape index (κ3) is 6.16. The molecule has 1 aliphatic heterocycles. The lowest BCUT2D eigenvalue weighted by Crippen LogP contribution is -2.38. The lowest BCUT2D eigenvalue weighted by Gasteiger charge is -2.32. The Balaban J connectivity index is 1.65. The Kier molecular flexibility index (Phi) is 7.81. The highest BCUT2D eigenvalue weighted by molar-refractivity contribution is 7.99. The van der Waals surface area contributed by atoms with Gasteiger partial charge in [-0.15, -0.1) is 11.8 Å². The zero-order valence-corrected chi connectivity index (χ0v) is 18.3. The molecule has 0 aliphatic carbocycles. The Hall–Kier alpha value is -3.26. The molecule has 2 aromatic carbocycles. The molecule has 0 aromatic heterocycles. The molecule has 1 amide bonds. The van der Waals surface area contributed by atoms with E-state index in [1.807, 2.05) is 12.1 Å². The predicted octanol–water partition coefficient (Wildman–Crippen LogP) is 5.47. The van der Waals surface area contributed by atoms with Crippen LogP contribution in [0.25, 0.3) is 0 Å². The molecule has 3 rings (SSSR count). The Labute approximate surface area is 192 Å². The molecule has 11 heteroatoms. The van der Waals surface area contributed by atoms with E-state index >= 15 is 0 Å². The van der Waals surface area contributed by atoms with Crippen LogP contribution in [0.1, 0.15) is 24.8 Å². The van der Waals surface area contributed by atoms with Crippen molar-refractivity contribution in [2.24, 2.45) is 5.92 Å². The molecule has 174 valence electrons. The zero-order valence-electron chi connectivity index (χ0n) is 17.5. The summed E-state index contributed by atoms with van der Waals surface area (Å²) >= 11 is 1.48. The summed E-state index contributed by atoms with van der Waals surface area (Å²) in [5.74, 6) is 0.102. The van der Waals surface area contributed by atoms with Gasteiger partial charge in [-0.2, -0.15) is 18.4 Å². The van der Waals surface area contributed by atoms with Crippen LogP contribution in [-0.2, 0) is 11.0 Å². The van der Waals surface area contributed by atoms with E-state index in [1.165, 1.54) is 11.8 Å². The van der Waals surface area contributed by atoms with E-state index in [2.05, 4.69) is 11.4 Å². The van der Waals surface area contributed by atoms with Gasteiger partial charge in [-0.25, -0.2) is 0 Å². The van der Waals surface area contributed by atoms with Crippen molar-refractivity contribution in [1.29, 1.82) is 5.26 Å². The summed E-state index contributed by atoms with van der Waals surface area (Å²) in [5.41, 5.74) is -0.896. The molecule has 0 bridgehead atoms. The van der Waals surface area contributed by atoms with Crippen LogP contribution in [0, 0.1) is 27.4 Å². The number of thioether (sulfide) groups is 1. The number of para-hydroxylation sites is 1. The largest absolute Gasteiger partial charge is 0.416 e. The number of carbonyl (C=O) groups excluding carboxylic acids is 1. The van der Waals surface area contributed by atoms with E-state index in [4.69, 9.17) is 5.26 Å². The van der Waals surface area contributed by atoms with Gasteiger partial charge in [0.25, 0.3) is 5.69 Å². The highest BCUT2D eigenvalue weighted by Crippen LogP contribution is 2.38. The van der Waals surface area contributed by atoms with E-state index < -0.39 is 22.4 Å². The number of benzene rings is 2. The number of halogens is 3.